The predicted molar refractivity (Wildman–Crippen MR) is 129 cm³/mol. The highest BCUT2D eigenvalue weighted by Crippen LogP contribution is 2.79. The highest BCUT2D eigenvalue weighted by Gasteiger charge is 2.80. The molecule has 0 unspecified atom stereocenters. The molecule has 0 amide bonds. The van der Waals surface area contributed by atoms with Gasteiger partial charge in [0.1, 0.15) is 11.4 Å². The van der Waals surface area contributed by atoms with Gasteiger partial charge >= 0.3 is 5.97 Å². The van der Waals surface area contributed by atoms with Crippen LogP contribution in [-0.2, 0) is 14.3 Å². The van der Waals surface area contributed by atoms with Gasteiger partial charge < -0.3 is 4.74 Å². The first kappa shape index (κ1) is 22.4. The van der Waals surface area contributed by atoms with Crippen LogP contribution in [0.4, 0.5) is 0 Å². The number of hydrogen-bond acceptors (Lipinski definition) is 3. The molecule has 4 saturated carbocycles. The van der Waals surface area contributed by atoms with Crippen LogP contribution in [0.5, 0.6) is 0 Å². The number of fused-ring (bicyclic) bond motifs is 4. The van der Waals surface area contributed by atoms with Crippen LogP contribution in [-0.4, -0.2) is 17.4 Å². The molecule has 1 aliphatic heterocycles. The Hall–Kier alpha value is -1.12. The normalized spacial score (nSPS) is 58.6. The fourth-order valence-electron chi connectivity index (χ4n) is 11.2. The van der Waals surface area contributed by atoms with Gasteiger partial charge in [-0.05, 0) is 85.5 Å². The smallest absolute Gasteiger partial charge is 0.313 e. The second kappa shape index (κ2) is 6.16. The van der Waals surface area contributed by atoms with Crippen LogP contribution in [0.3, 0.4) is 0 Å². The number of Topliss-reactive ketones (excluding diaryl/α,β-unsaturated/α-hetero) is 1. The van der Waals surface area contributed by atoms with Gasteiger partial charge in [0.05, 0.1) is 5.41 Å². The summed E-state index contributed by atoms with van der Waals surface area (Å²) in [6.07, 6.45) is 13.1. The number of rotatable bonds is 0. The highest BCUT2D eigenvalue weighted by molar-refractivity contribution is 5.85. The van der Waals surface area contributed by atoms with Crippen LogP contribution in [0, 0.1) is 56.7 Å². The minimum Gasteiger partial charge on any atom is -0.453 e. The summed E-state index contributed by atoms with van der Waals surface area (Å²) < 4.78 is 6.70. The second-order valence-corrected chi connectivity index (χ2v) is 14.5. The highest BCUT2D eigenvalue weighted by atomic mass is 16.6. The van der Waals surface area contributed by atoms with Crippen molar-refractivity contribution in [2.45, 2.75) is 105 Å². The summed E-state index contributed by atoms with van der Waals surface area (Å²) in [6.45, 7) is 16.7. The molecule has 1 saturated heterocycles. The van der Waals surface area contributed by atoms with Crippen molar-refractivity contribution in [1.82, 2.24) is 0 Å². The molecule has 3 heteroatoms. The lowest BCUT2D eigenvalue weighted by Gasteiger charge is -2.71. The van der Waals surface area contributed by atoms with E-state index < -0.39 is 5.60 Å². The molecule has 2 bridgehead atoms. The first-order chi connectivity index (χ1) is 15.3. The monoisotopic (exact) mass is 452 g/mol. The maximum Gasteiger partial charge on any atom is 0.313 e. The fourth-order valence-corrected chi connectivity index (χ4v) is 11.2. The Kier molecular flexibility index (Phi) is 4.17. The Bertz CT molecular complexity index is 964. The van der Waals surface area contributed by atoms with Gasteiger partial charge in [0.15, 0.2) is 0 Å². The van der Waals surface area contributed by atoms with Crippen LogP contribution in [0.15, 0.2) is 12.2 Å². The van der Waals surface area contributed by atoms with E-state index in [4.69, 9.17) is 4.74 Å². The third-order valence-corrected chi connectivity index (χ3v) is 13.6. The number of ketones is 1. The number of carbonyl (C=O) groups is 2. The standard InChI is InChI=1S/C30H44O3/c1-18-8-14-29-17-16-28(7)27(6)13-9-20-25(3,4)22(31)11-12-26(20,5)21(27)10-15-30(28,33-24(29)32)23(29)19(18)2/h10,15,18-21,23H,8-9,11-14,16-17H2,1-7H3/t18-,19+,20-,21+,23-,26+,27-,28+,29+,30+/m1/s1. The zero-order chi connectivity index (χ0) is 23.8. The lowest BCUT2D eigenvalue weighted by molar-refractivity contribution is -0.235. The number of ether oxygens (including phenoxy) is 1. The van der Waals surface area contributed by atoms with Crippen molar-refractivity contribution < 1.29 is 14.3 Å². The maximum atomic E-state index is 13.6. The quantitative estimate of drug-likeness (QED) is 0.302. The molecule has 5 aliphatic carbocycles. The number of allylic oxidation sites excluding steroid dienone is 1. The lowest BCUT2D eigenvalue weighted by Crippen LogP contribution is -2.70. The minimum atomic E-state index is -0.467. The number of esters is 1. The summed E-state index contributed by atoms with van der Waals surface area (Å²) in [6, 6.07) is 0. The zero-order valence-electron chi connectivity index (χ0n) is 21.9. The molecule has 33 heavy (non-hydrogen) atoms. The van der Waals surface area contributed by atoms with Crippen LogP contribution < -0.4 is 0 Å². The number of carbonyl (C=O) groups excluding carboxylic acids is 2. The van der Waals surface area contributed by atoms with Crippen molar-refractivity contribution in [3.63, 3.8) is 0 Å². The van der Waals surface area contributed by atoms with Crippen LogP contribution >= 0.6 is 0 Å². The molecule has 0 aromatic heterocycles. The van der Waals surface area contributed by atoms with Crippen molar-refractivity contribution in [3.05, 3.63) is 12.2 Å². The van der Waals surface area contributed by atoms with Gasteiger partial charge in [-0.15, -0.1) is 0 Å². The van der Waals surface area contributed by atoms with Crippen molar-refractivity contribution in [1.29, 1.82) is 0 Å². The Morgan fingerprint density at radius 3 is 2.36 bits per heavy atom. The van der Waals surface area contributed by atoms with E-state index >= 15 is 0 Å². The molecule has 0 aromatic rings. The Morgan fingerprint density at radius 1 is 0.909 bits per heavy atom. The molecule has 6 rings (SSSR count). The minimum absolute atomic E-state index is 0.0648. The lowest BCUT2D eigenvalue weighted by atomic mass is 9.32. The van der Waals surface area contributed by atoms with E-state index in [1.165, 1.54) is 0 Å². The Morgan fingerprint density at radius 2 is 1.64 bits per heavy atom. The van der Waals surface area contributed by atoms with E-state index in [1.54, 1.807) is 0 Å². The van der Waals surface area contributed by atoms with Gasteiger partial charge in [0.25, 0.3) is 0 Å². The summed E-state index contributed by atoms with van der Waals surface area (Å²) >= 11 is 0. The van der Waals surface area contributed by atoms with E-state index in [0.29, 0.717) is 41.8 Å². The van der Waals surface area contributed by atoms with Gasteiger partial charge in [0.2, 0.25) is 0 Å². The molecule has 1 heterocycles. The molecular formula is C30H44O3. The first-order valence-corrected chi connectivity index (χ1v) is 13.8. The molecule has 1 spiro atoms. The van der Waals surface area contributed by atoms with Gasteiger partial charge in [-0.3, -0.25) is 9.59 Å². The average Bonchev–Trinajstić information content (AvgIpc) is 2.95. The van der Waals surface area contributed by atoms with Crippen molar-refractivity contribution in [3.8, 4) is 0 Å². The van der Waals surface area contributed by atoms with Crippen molar-refractivity contribution in [2.75, 3.05) is 0 Å². The summed E-state index contributed by atoms with van der Waals surface area (Å²) in [7, 11) is 0. The third kappa shape index (κ3) is 2.17. The fraction of sp³-hybridized carbons (Fsp3) is 0.867. The van der Waals surface area contributed by atoms with E-state index in [2.05, 4.69) is 60.6 Å². The van der Waals surface area contributed by atoms with E-state index in [-0.39, 0.29) is 33.0 Å². The third-order valence-electron chi connectivity index (χ3n) is 13.6. The van der Waals surface area contributed by atoms with Gasteiger partial charge in [0, 0.05) is 23.2 Å². The zero-order valence-corrected chi connectivity index (χ0v) is 21.9. The predicted octanol–water partition coefficient (Wildman–Crippen LogP) is 6.75. The molecule has 10 atom stereocenters. The maximum absolute atomic E-state index is 13.6. The summed E-state index contributed by atoms with van der Waals surface area (Å²) in [5.74, 6) is 2.83. The summed E-state index contributed by atoms with van der Waals surface area (Å²) in [5.41, 5.74) is -0.850. The van der Waals surface area contributed by atoms with Gasteiger partial charge in [-0.25, -0.2) is 0 Å². The summed E-state index contributed by atoms with van der Waals surface area (Å²) in [4.78, 5) is 26.6. The second-order valence-electron chi connectivity index (χ2n) is 14.5. The molecule has 5 fully saturated rings. The van der Waals surface area contributed by atoms with Crippen LogP contribution in [0.1, 0.15) is 99.8 Å². The largest absolute Gasteiger partial charge is 0.453 e. The molecule has 3 nitrogen and oxygen atoms in total. The van der Waals surface area contributed by atoms with E-state index in [9.17, 15) is 9.59 Å². The number of hydrogen-bond donors (Lipinski definition) is 0. The molecule has 182 valence electrons. The first-order valence-electron chi connectivity index (χ1n) is 13.8. The molecule has 0 N–H and O–H groups in total. The molecule has 6 aliphatic rings. The molecular weight excluding hydrogens is 408 g/mol. The average molecular weight is 453 g/mol. The van der Waals surface area contributed by atoms with Crippen LogP contribution in [0.2, 0.25) is 0 Å². The van der Waals surface area contributed by atoms with Crippen molar-refractivity contribution in [2.24, 2.45) is 56.7 Å². The Labute approximate surface area is 200 Å². The SMILES string of the molecule is C[C@H]1[C@H](C)CC[C@@]23CC[C@]4(C)[C@@](C=C[C@H]5[C@@]6(C)CCC(=O)C(C)(C)[C@H]6CC[C@]54C)(OC2=O)[C@H]13. The topological polar surface area (TPSA) is 43.4 Å². The molecule has 0 radical (unpaired) electrons. The van der Waals surface area contributed by atoms with E-state index in [1.807, 2.05) is 0 Å². The van der Waals surface area contributed by atoms with Gasteiger partial charge in [-0.1, -0.05) is 54.5 Å². The van der Waals surface area contributed by atoms with E-state index in [0.717, 1.165) is 44.9 Å². The van der Waals surface area contributed by atoms with Crippen LogP contribution in [0.25, 0.3) is 0 Å². The van der Waals surface area contributed by atoms with Crippen molar-refractivity contribution >= 4 is 11.8 Å². The van der Waals surface area contributed by atoms with Gasteiger partial charge in [-0.2, -0.15) is 0 Å². The summed E-state index contributed by atoms with van der Waals surface area (Å²) in [5, 5.41) is 0. The Balaban J connectivity index is 1.52. The molecule has 0 aromatic carbocycles.